The molecule has 0 amide bonds. The van der Waals surface area contributed by atoms with E-state index in [0.29, 0.717) is 5.88 Å². The fourth-order valence-corrected chi connectivity index (χ4v) is 2.90. The maximum Gasteiger partial charge on any atom is 0.113 e. The van der Waals surface area contributed by atoms with E-state index >= 15 is 0 Å². The maximum absolute atomic E-state index is 5.83. The lowest BCUT2D eigenvalue weighted by Gasteiger charge is -2.24. The van der Waals surface area contributed by atoms with E-state index in [4.69, 9.17) is 16.3 Å². The van der Waals surface area contributed by atoms with Gasteiger partial charge in [-0.2, -0.15) is 0 Å². The second-order valence-electron chi connectivity index (χ2n) is 2.82. The van der Waals surface area contributed by atoms with E-state index in [9.17, 15) is 0 Å². The molecule has 0 spiro atoms. The molecule has 0 radical (unpaired) electrons. The van der Waals surface area contributed by atoms with Crippen LogP contribution >= 0.6 is 23.4 Å². The van der Waals surface area contributed by atoms with Crippen LogP contribution in [0.3, 0.4) is 0 Å². The third-order valence-electron chi connectivity index (χ3n) is 2.16. The zero-order chi connectivity index (χ0) is 8.32. The molecule has 1 rings (SSSR count). The first-order valence-corrected chi connectivity index (χ1v) is 5.66. The third kappa shape index (κ3) is 2.04. The van der Waals surface area contributed by atoms with E-state index in [0.717, 1.165) is 18.6 Å². The Morgan fingerprint density at radius 1 is 1.55 bits per heavy atom. The molecule has 1 saturated heterocycles. The number of ether oxygens (including phenoxy) is 1. The van der Waals surface area contributed by atoms with Gasteiger partial charge in [0.15, 0.2) is 0 Å². The number of hydrogen-bond donors (Lipinski definition) is 0. The van der Waals surface area contributed by atoms with E-state index in [2.05, 4.69) is 13.8 Å². The largest absolute Gasteiger partial charge is 0.359 e. The van der Waals surface area contributed by atoms with Crippen molar-refractivity contribution in [3.05, 3.63) is 0 Å². The van der Waals surface area contributed by atoms with Crippen LogP contribution in [0.5, 0.6) is 0 Å². The Balaban J connectivity index is 2.48. The van der Waals surface area contributed by atoms with Crippen molar-refractivity contribution < 1.29 is 4.74 Å². The first kappa shape index (κ1) is 9.69. The number of rotatable bonds is 3. The van der Waals surface area contributed by atoms with Gasteiger partial charge in [0, 0.05) is 11.6 Å². The summed E-state index contributed by atoms with van der Waals surface area (Å²) in [6.07, 6.45) is 2.45. The summed E-state index contributed by atoms with van der Waals surface area (Å²) in [4.78, 5) is 0.0829. The second-order valence-corrected chi connectivity index (χ2v) is 4.50. The van der Waals surface area contributed by atoms with Crippen LogP contribution in [0.2, 0.25) is 0 Å². The molecule has 0 unspecified atom stereocenters. The van der Waals surface area contributed by atoms with Gasteiger partial charge < -0.3 is 4.74 Å². The molecule has 3 heteroatoms. The van der Waals surface area contributed by atoms with Crippen molar-refractivity contribution in [1.29, 1.82) is 0 Å². The molecule has 1 heterocycles. The van der Waals surface area contributed by atoms with E-state index in [-0.39, 0.29) is 11.0 Å². The lowest BCUT2D eigenvalue weighted by molar-refractivity contribution is -0.000774. The topological polar surface area (TPSA) is 9.23 Å². The van der Waals surface area contributed by atoms with Gasteiger partial charge in [-0.1, -0.05) is 13.8 Å². The molecular weight excluding hydrogens is 180 g/mol. The number of thioether (sulfide) groups is 1. The van der Waals surface area contributed by atoms with Gasteiger partial charge in [-0.3, -0.25) is 0 Å². The number of alkyl halides is 1. The van der Waals surface area contributed by atoms with Crippen molar-refractivity contribution in [2.45, 2.75) is 37.7 Å². The lowest BCUT2D eigenvalue weighted by atomic mass is 10.2. The van der Waals surface area contributed by atoms with Crippen LogP contribution in [0.25, 0.3) is 0 Å². The second kappa shape index (κ2) is 4.01. The van der Waals surface area contributed by atoms with E-state index in [1.165, 1.54) is 0 Å². The van der Waals surface area contributed by atoms with Crippen molar-refractivity contribution in [2.75, 3.05) is 11.6 Å². The van der Waals surface area contributed by atoms with Gasteiger partial charge in [-0.05, 0) is 12.8 Å². The highest BCUT2D eigenvalue weighted by Crippen LogP contribution is 2.41. The molecule has 0 bridgehead atoms. The summed E-state index contributed by atoms with van der Waals surface area (Å²) in [7, 11) is 0. The van der Waals surface area contributed by atoms with Crippen molar-refractivity contribution in [3.63, 3.8) is 0 Å². The summed E-state index contributed by atoms with van der Waals surface area (Å²) in [5, 5.41) is 0. The third-order valence-corrected chi connectivity index (χ3v) is 4.25. The van der Waals surface area contributed by atoms with Crippen LogP contribution in [0.1, 0.15) is 26.7 Å². The first-order chi connectivity index (χ1) is 5.26. The number of halogens is 1. The molecule has 0 aromatic carbocycles. The van der Waals surface area contributed by atoms with Gasteiger partial charge in [0.05, 0.1) is 6.10 Å². The van der Waals surface area contributed by atoms with Crippen LogP contribution < -0.4 is 0 Å². The highest BCUT2D eigenvalue weighted by Gasteiger charge is 2.37. The smallest absolute Gasteiger partial charge is 0.113 e. The summed E-state index contributed by atoms with van der Waals surface area (Å²) in [5.74, 6) is 1.69. The predicted octanol–water partition coefficient (Wildman–Crippen LogP) is 2.87. The summed E-state index contributed by atoms with van der Waals surface area (Å²) in [5.41, 5.74) is 0. The summed E-state index contributed by atoms with van der Waals surface area (Å²) < 4.78 is 5.83. The molecule has 66 valence electrons. The zero-order valence-corrected chi connectivity index (χ0v) is 8.67. The van der Waals surface area contributed by atoms with Gasteiger partial charge in [0.1, 0.15) is 4.93 Å². The van der Waals surface area contributed by atoms with E-state index in [1.807, 2.05) is 11.8 Å². The van der Waals surface area contributed by atoms with Crippen LogP contribution in [0.4, 0.5) is 0 Å². The summed E-state index contributed by atoms with van der Waals surface area (Å²) in [6, 6.07) is 0. The van der Waals surface area contributed by atoms with Gasteiger partial charge in [0.25, 0.3) is 0 Å². The predicted molar refractivity (Wildman–Crippen MR) is 51.4 cm³/mol. The van der Waals surface area contributed by atoms with Crippen LogP contribution in [-0.4, -0.2) is 22.7 Å². The molecule has 1 fully saturated rings. The Bertz CT molecular complexity index is 125. The van der Waals surface area contributed by atoms with Crippen molar-refractivity contribution in [1.82, 2.24) is 0 Å². The molecule has 0 aliphatic carbocycles. The van der Waals surface area contributed by atoms with Crippen LogP contribution in [0.15, 0.2) is 0 Å². The van der Waals surface area contributed by atoms with Crippen LogP contribution in [0, 0.1) is 0 Å². The van der Waals surface area contributed by atoms with E-state index in [1.54, 1.807) is 0 Å². The minimum atomic E-state index is 0.0829. The molecule has 11 heavy (non-hydrogen) atoms. The molecular formula is C8H15ClOS. The Hall–Kier alpha value is 0.600. The van der Waals surface area contributed by atoms with Gasteiger partial charge in [-0.25, -0.2) is 0 Å². The Morgan fingerprint density at radius 2 is 2.18 bits per heavy atom. The molecule has 1 nitrogen and oxygen atoms in total. The van der Waals surface area contributed by atoms with Gasteiger partial charge in [-0.15, -0.1) is 23.4 Å². The molecule has 0 aromatic heterocycles. The standard InChI is InChI=1S/C8H15ClOS/c1-3-8(4-2)10-7(5-9)6-11-8/h7H,3-6H2,1-2H3/t7-/m1/s1. The van der Waals surface area contributed by atoms with Crippen molar-refractivity contribution in [3.8, 4) is 0 Å². The van der Waals surface area contributed by atoms with Gasteiger partial charge >= 0.3 is 0 Å². The van der Waals surface area contributed by atoms with Gasteiger partial charge in [0.2, 0.25) is 0 Å². The Morgan fingerprint density at radius 3 is 2.45 bits per heavy atom. The molecule has 1 aliphatic heterocycles. The van der Waals surface area contributed by atoms with Crippen LogP contribution in [-0.2, 0) is 4.74 Å². The monoisotopic (exact) mass is 194 g/mol. The lowest BCUT2D eigenvalue weighted by Crippen LogP contribution is -2.25. The van der Waals surface area contributed by atoms with E-state index < -0.39 is 0 Å². The minimum absolute atomic E-state index is 0.0829. The van der Waals surface area contributed by atoms with Crippen molar-refractivity contribution in [2.24, 2.45) is 0 Å². The fourth-order valence-electron chi connectivity index (χ4n) is 1.31. The molecule has 0 saturated carbocycles. The molecule has 1 aliphatic rings. The highest BCUT2D eigenvalue weighted by molar-refractivity contribution is 8.00. The Labute approximate surface area is 77.8 Å². The van der Waals surface area contributed by atoms with Crippen molar-refractivity contribution >= 4 is 23.4 Å². The molecule has 0 N–H and O–H groups in total. The Kier molecular flexibility index (Phi) is 3.53. The SMILES string of the molecule is CCC1(CC)O[C@H](CCl)CS1. The zero-order valence-electron chi connectivity index (χ0n) is 7.10. The number of hydrogen-bond acceptors (Lipinski definition) is 2. The summed E-state index contributed by atoms with van der Waals surface area (Å²) >= 11 is 7.63. The first-order valence-electron chi connectivity index (χ1n) is 4.14. The quantitative estimate of drug-likeness (QED) is 0.639. The average Bonchev–Trinajstić information content (AvgIpc) is 2.49. The summed E-state index contributed by atoms with van der Waals surface area (Å²) in [6.45, 7) is 4.35. The normalized spacial score (nSPS) is 29.2. The minimum Gasteiger partial charge on any atom is -0.359 e. The maximum atomic E-state index is 5.83. The molecule has 1 atom stereocenters. The molecule has 0 aromatic rings. The fraction of sp³-hybridized carbons (Fsp3) is 1.00. The highest BCUT2D eigenvalue weighted by atomic mass is 35.5. The average molecular weight is 195 g/mol.